The van der Waals surface area contributed by atoms with Crippen molar-refractivity contribution in [1.82, 2.24) is 15.2 Å². The predicted octanol–water partition coefficient (Wildman–Crippen LogP) is 1.23. The number of thiophene rings is 1. The van der Waals surface area contributed by atoms with Crippen LogP contribution < -0.4 is 11.3 Å². The molecule has 0 aliphatic carbocycles. The number of aryl methyl sites for hydroxylation is 1. The number of hydrazine groups is 1. The van der Waals surface area contributed by atoms with Gasteiger partial charge in [0.1, 0.15) is 0 Å². The second-order valence-electron chi connectivity index (χ2n) is 3.38. The van der Waals surface area contributed by atoms with E-state index in [4.69, 9.17) is 5.84 Å². The highest BCUT2D eigenvalue weighted by Crippen LogP contribution is 2.19. The maximum Gasteiger partial charge on any atom is 0.0677 e. The average molecular weight is 222 g/mol. The summed E-state index contributed by atoms with van der Waals surface area (Å²) in [7, 11) is 1.92. The molecule has 0 fully saturated rings. The zero-order valence-electron chi connectivity index (χ0n) is 8.55. The van der Waals surface area contributed by atoms with Crippen molar-refractivity contribution in [3.8, 4) is 0 Å². The lowest BCUT2D eigenvalue weighted by Gasteiger charge is -2.15. The lowest BCUT2D eigenvalue weighted by atomic mass is 10.1. The lowest BCUT2D eigenvalue weighted by molar-refractivity contribution is 0.511. The molecule has 2 aromatic heterocycles. The van der Waals surface area contributed by atoms with Crippen LogP contribution in [-0.4, -0.2) is 9.78 Å². The normalized spacial score (nSPS) is 12.9. The molecule has 0 amide bonds. The maximum atomic E-state index is 5.56. The quantitative estimate of drug-likeness (QED) is 0.604. The largest absolute Gasteiger partial charge is 0.271 e. The molecular formula is C10H14N4S. The SMILES string of the molecule is Cn1nccc1C(Cc1cccs1)NN. The summed E-state index contributed by atoms with van der Waals surface area (Å²) in [5, 5.41) is 6.21. The molecular weight excluding hydrogens is 208 g/mol. The molecule has 15 heavy (non-hydrogen) atoms. The Balaban J connectivity index is 2.15. The molecule has 2 aromatic rings. The van der Waals surface area contributed by atoms with Crippen LogP contribution in [0, 0.1) is 0 Å². The molecule has 0 saturated carbocycles. The predicted molar refractivity (Wildman–Crippen MR) is 61.3 cm³/mol. The number of nitrogens with two attached hydrogens (primary N) is 1. The van der Waals surface area contributed by atoms with E-state index in [2.05, 4.69) is 28.0 Å². The van der Waals surface area contributed by atoms with Crippen molar-refractivity contribution in [2.24, 2.45) is 12.9 Å². The van der Waals surface area contributed by atoms with Crippen molar-refractivity contribution >= 4 is 11.3 Å². The maximum absolute atomic E-state index is 5.56. The molecule has 0 aliphatic heterocycles. The van der Waals surface area contributed by atoms with Crippen molar-refractivity contribution < 1.29 is 0 Å². The van der Waals surface area contributed by atoms with E-state index in [-0.39, 0.29) is 6.04 Å². The molecule has 0 saturated heterocycles. The molecule has 5 heteroatoms. The van der Waals surface area contributed by atoms with Gasteiger partial charge in [-0.1, -0.05) is 6.07 Å². The van der Waals surface area contributed by atoms with Crippen molar-refractivity contribution in [3.05, 3.63) is 40.3 Å². The first-order valence-corrected chi connectivity index (χ1v) is 5.65. The molecule has 0 bridgehead atoms. The molecule has 4 nitrogen and oxygen atoms in total. The van der Waals surface area contributed by atoms with Crippen LogP contribution in [0.2, 0.25) is 0 Å². The number of rotatable bonds is 4. The van der Waals surface area contributed by atoms with Crippen LogP contribution in [0.25, 0.3) is 0 Å². The molecule has 0 aliphatic rings. The molecule has 2 rings (SSSR count). The molecule has 80 valence electrons. The summed E-state index contributed by atoms with van der Waals surface area (Å²) >= 11 is 1.74. The lowest BCUT2D eigenvalue weighted by Crippen LogP contribution is -2.30. The summed E-state index contributed by atoms with van der Waals surface area (Å²) in [5.41, 5.74) is 3.93. The fraction of sp³-hybridized carbons (Fsp3) is 0.300. The van der Waals surface area contributed by atoms with E-state index in [1.54, 1.807) is 17.5 Å². The van der Waals surface area contributed by atoms with E-state index in [9.17, 15) is 0 Å². The summed E-state index contributed by atoms with van der Waals surface area (Å²) in [5.74, 6) is 5.56. The number of nitrogens with one attached hydrogen (secondary N) is 1. The van der Waals surface area contributed by atoms with Gasteiger partial charge >= 0.3 is 0 Å². The Labute approximate surface area is 92.7 Å². The molecule has 2 heterocycles. The van der Waals surface area contributed by atoms with Gasteiger partial charge in [-0.2, -0.15) is 5.10 Å². The third-order valence-corrected chi connectivity index (χ3v) is 3.30. The summed E-state index contributed by atoms with van der Waals surface area (Å²) < 4.78 is 1.85. The summed E-state index contributed by atoms with van der Waals surface area (Å²) in [6, 6.07) is 6.27. The molecule has 0 radical (unpaired) electrons. The number of hydrogen-bond donors (Lipinski definition) is 2. The number of hydrogen-bond acceptors (Lipinski definition) is 4. The summed E-state index contributed by atoms with van der Waals surface area (Å²) in [6.07, 6.45) is 2.68. The van der Waals surface area contributed by atoms with Gasteiger partial charge in [0.25, 0.3) is 0 Å². The van der Waals surface area contributed by atoms with Crippen molar-refractivity contribution in [2.45, 2.75) is 12.5 Å². The van der Waals surface area contributed by atoms with Gasteiger partial charge in [-0.15, -0.1) is 11.3 Å². The van der Waals surface area contributed by atoms with E-state index in [0.29, 0.717) is 0 Å². The van der Waals surface area contributed by atoms with Crippen LogP contribution >= 0.6 is 11.3 Å². The Bertz CT molecular complexity index is 407. The Hall–Kier alpha value is -1.17. The van der Waals surface area contributed by atoms with E-state index in [0.717, 1.165) is 12.1 Å². The summed E-state index contributed by atoms with van der Waals surface area (Å²) in [6.45, 7) is 0. The van der Waals surface area contributed by atoms with E-state index in [1.807, 2.05) is 17.8 Å². The molecule has 0 aromatic carbocycles. The van der Waals surface area contributed by atoms with Crippen LogP contribution in [-0.2, 0) is 13.5 Å². The fourth-order valence-corrected chi connectivity index (χ4v) is 2.36. The van der Waals surface area contributed by atoms with Gasteiger partial charge < -0.3 is 0 Å². The van der Waals surface area contributed by atoms with Gasteiger partial charge in [0.2, 0.25) is 0 Å². The second-order valence-corrected chi connectivity index (χ2v) is 4.41. The fourth-order valence-electron chi connectivity index (χ4n) is 1.60. The Morgan fingerprint density at radius 2 is 2.47 bits per heavy atom. The van der Waals surface area contributed by atoms with Crippen LogP contribution in [0.1, 0.15) is 16.6 Å². The van der Waals surface area contributed by atoms with Gasteiger partial charge in [-0.05, 0) is 17.5 Å². The monoisotopic (exact) mass is 222 g/mol. The Kier molecular flexibility index (Phi) is 3.15. The molecule has 1 atom stereocenters. The Morgan fingerprint density at radius 3 is 3.00 bits per heavy atom. The standard InChI is InChI=1S/C10H14N4S/c1-14-10(4-5-12-14)9(13-11)7-8-3-2-6-15-8/h2-6,9,13H,7,11H2,1H3. The highest BCUT2D eigenvalue weighted by molar-refractivity contribution is 7.09. The highest BCUT2D eigenvalue weighted by Gasteiger charge is 2.14. The molecule has 1 unspecified atom stereocenters. The third-order valence-electron chi connectivity index (χ3n) is 2.40. The number of aromatic nitrogens is 2. The van der Waals surface area contributed by atoms with Gasteiger partial charge in [0.05, 0.1) is 11.7 Å². The van der Waals surface area contributed by atoms with E-state index in [1.165, 1.54) is 4.88 Å². The van der Waals surface area contributed by atoms with Crippen LogP contribution in [0.5, 0.6) is 0 Å². The van der Waals surface area contributed by atoms with Gasteiger partial charge in [-0.3, -0.25) is 16.0 Å². The first-order valence-electron chi connectivity index (χ1n) is 4.77. The smallest absolute Gasteiger partial charge is 0.0677 e. The first-order chi connectivity index (χ1) is 7.31. The second kappa shape index (κ2) is 4.57. The van der Waals surface area contributed by atoms with Gasteiger partial charge in [0, 0.05) is 24.5 Å². The molecule has 3 N–H and O–H groups in total. The van der Waals surface area contributed by atoms with Crippen molar-refractivity contribution in [1.29, 1.82) is 0 Å². The van der Waals surface area contributed by atoms with E-state index < -0.39 is 0 Å². The topological polar surface area (TPSA) is 55.9 Å². The highest BCUT2D eigenvalue weighted by atomic mass is 32.1. The zero-order valence-corrected chi connectivity index (χ0v) is 9.37. The average Bonchev–Trinajstić information content (AvgIpc) is 2.85. The van der Waals surface area contributed by atoms with Crippen LogP contribution in [0.4, 0.5) is 0 Å². The molecule has 0 spiro atoms. The number of nitrogens with zero attached hydrogens (tertiary/aromatic N) is 2. The third kappa shape index (κ3) is 2.26. The summed E-state index contributed by atoms with van der Waals surface area (Å²) in [4.78, 5) is 1.32. The minimum Gasteiger partial charge on any atom is -0.271 e. The minimum atomic E-state index is 0.121. The minimum absolute atomic E-state index is 0.121. The van der Waals surface area contributed by atoms with Crippen molar-refractivity contribution in [2.75, 3.05) is 0 Å². The van der Waals surface area contributed by atoms with Crippen LogP contribution in [0.15, 0.2) is 29.8 Å². The first kappa shape index (κ1) is 10.4. The van der Waals surface area contributed by atoms with Gasteiger partial charge in [-0.25, -0.2) is 0 Å². The van der Waals surface area contributed by atoms with Gasteiger partial charge in [0.15, 0.2) is 0 Å². The van der Waals surface area contributed by atoms with Crippen LogP contribution in [0.3, 0.4) is 0 Å². The Morgan fingerprint density at radius 1 is 1.60 bits per heavy atom. The zero-order chi connectivity index (χ0) is 10.7. The van der Waals surface area contributed by atoms with Crippen molar-refractivity contribution in [3.63, 3.8) is 0 Å². The van der Waals surface area contributed by atoms with E-state index >= 15 is 0 Å².